The van der Waals surface area contributed by atoms with Crippen LogP contribution in [0.3, 0.4) is 0 Å². The lowest BCUT2D eigenvalue weighted by Crippen LogP contribution is -2.48. The predicted octanol–water partition coefficient (Wildman–Crippen LogP) is 3.72. The summed E-state index contributed by atoms with van der Waals surface area (Å²) in [4.78, 5) is 21.2. The predicted molar refractivity (Wildman–Crippen MR) is 122 cm³/mol. The summed E-state index contributed by atoms with van der Waals surface area (Å²) >= 11 is 7.60. The Balaban J connectivity index is 1.45. The van der Waals surface area contributed by atoms with E-state index in [9.17, 15) is 13.2 Å². The number of amides is 1. The van der Waals surface area contributed by atoms with Crippen LogP contribution in [-0.2, 0) is 14.6 Å². The Morgan fingerprint density at radius 3 is 2.53 bits per heavy atom. The number of nitrogens with zero attached hydrogens (tertiary/aromatic N) is 3. The second-order valence-corrected chi connectivity index (χ2v) is 10.4. The van der Waals surface area contributed by atoms with Crippen molar-refractivity contribution in [3.8, 4) is 0 Å². The molecule has 1 saturated heterocycles. The van der Waals surface area contributed by atoms with E-state index in [1.807, 2.05) is 24.3 Å². The number of hydrogen-bond acceptors (Lipinski definition) is 6. The number of carbonyl (C=O) groups is 1. The van der Waals surface area contributed by atoms with Crippen molar-refractivity contribution in [1.82, 2.24) is 9.88 Å². The van der Waals surface area contributed by atoms with Gasteiger partial charge in [-0.2, -0.15) is 0 Å². The summed E-state index contributed by atoms with van der Waals surface area (Å²) < 4.78 is 24.9. The van der Waals surface area contributed by atoms with Crippen molar-refractivity contribution in [3.63, 3.8) is 0 Å². The minimum absolute atomic E-state index is 0.0572. The molecule has 1 fully saturated rings. The van der Waals surface area contributed by atoms with Crippen LogP contribution in [0.25, 0.3) is 16.3 Å². The number of rotatable bonds is 4. The van der Waals surface area contributed by atoms with E-state index in [2.05, 4.69) is 9.88 Å². The van der Waals surface area contributed by atoms with Crippen LogP contribution >= 0.6 is 22.9 Å². The topological polar surface area (TPSA) is 70.6 Å². The number of carbonyl (C=O) groups excluding carboxylic acids is 1. The molecule has 2 aromatic carbocycles. The zero-order valence-corrected chi connectivity index (χ0v) is 18.7. The first-order chi connectivity index (χ1) is 14.3. The van der Waals surface area contributed by atoms with E-state index >= 15 is 0 Å². The summed E-state index contributed by atoms with van der Waals surface area (Å²) in [5.41, 5.74) is 1.32. The molecule has 0 unspecified atom stereocenters. The Hall–Kier alpha value is -2.42. The molecule has 3 aromatic rings. The molecule has 30 heavy (non-hydrogen) atoms. The molecule has 4 rings (SSSR count). The Bertz CT molecular complexity index is 1230. The summed E-state index contributed by atoms with van der Waals surface area (Å²) in [6.45, 7) is 2.42. The molecule has 9 heteroatoms. The normalized spacial score (nSPS) is 15.3. The lowest BCUT2D eigenvalue weighted by molar-refractivity contribution is -0.126. The maximum absolute atomic E-state index is 12.5. The number of para-hydroxylation sites is 1. The molecular formula is C21H20ClN3O3S2. The number of fused-ring (bicyclic) bond motifs is 1. The molecule has 1 amide bonds. The fraction of sp³-hybridized carbons (Fsp3) is 0.238. The molecule has 1 aromatic heterocycles. The van der Waals surface area contributed by atoms with Gasteiger partial charge in [-0.25, -0.2) is 13.4 Å². The van der Waals surface area contributed by atoms with Crippen LogP contribution in [0.2, 0.25) is 5.02 Å². The van der Waals surface area contributed by atoms with Crippen molar-refractivity contribution in [2.24, 2.45) is 0 Å². The molecule has 0 radical (unpaired) electrons. The first kappa shape index (κ1) is 20.8. The van der Waals surface area contributed by atoms with Crippen LogP contribution in [0.4, 0.5) is 5.13 Å². The first-order valence-electron chi connectivity index (χ1n) is 9.39. The van der Waals surface area contributed by atoms with Gasteiger partial charge in [0, 0.05) is 43.5 Å². The highest BCUT2D eigenvalue weighted by molar-refractivity contribution is 7.91. The van der Waals surface area contributed by atoms with Crippen molar-refractivity contribution >= 4 is 60.1 Å². The van der Waals surface area contributed by atoms with Crippen molar-refractivity contribution in [3.05, 3.63) is 59.1 Å². The molecule has 0 atom stereocenters. The molecule has 2 heterocycles. The third-order valence-corrected chi connectivity index (χ3v) is 7.50. The summed E-state index contributed by atoms with van der Waals surface area (Å²) in [6.07, 6.45) is 4.48. The third kappa shape index (κ3) is 4.35. The zero-order chi connectivity index (χ0) is 21.3. The largest absolute Gasteiger partial charge is 0.345 e. The number of anilines is 1. The van der Waals surface area contributed by atoms with Crippen LogP contribution < -0.4 is 4.90 Å². The van der Waals surface area contributed by atoms with Gasteiger partial charge < -0.3 is 9.80 Å². The summed E-state index contributed by atoms with van der Waals surface area (Å²) in [7, 11) is -3.34. The van der Waals surface area contributed by atoms with Gasteiger partial charge >= 0.3 is 0 Å². The smallest absolute Gasteiger partial charge is 0.246 e. The molecule has 0 bridgehead atoms. The molecule has 0 N–H and O–H groups in total. The van der Waals surface area contributed by atoms with Gasteiger partial charge in [-0.05, 0) is 29.8 Å². The van der Waals surface area contributed by atoms with Gasteiger partial charge in [0.1, 0.15) is 5.52 Å². The van der Waals surface area contributed by atoms with E-state index < -0.39 is 9.84 Å². The molecule has 0 saturated carbocycles. The Morgan fingerprint density at radius 1 is 1.10 bits per heavy atom. The zero-order valence-electron chi connectivity index (χ0n) is 16.3. The number of sulfone groups is 1. The molecular weight excluding hydrogens is 442 g/mol. The minimum atomic E-state index is -3.34. The van der Waals surface area contributed by atoms with Crippen LogP contribution in [-0.4, -0.2) is 56.6 Å². The van der Waals surface area contributed by atoms with Gasteiger partial charge in [-0.3, -0.25) is 4.79 Å². The van der Waals surface area contributed by atoms with E-state index in [1.54, 1.807) is 35.3 Å². The van der Waals surface area contributed by atoms with Crippen molar-refractivity contribution in [1.29, 1.82) is 0 Å². The second-order valence-electron chi connectivity index (χ2n) is 7.04. The fourth-order valence-electron chi connectivity index (χ4n) is 3.34. The maximum atomic E-state index is 12.5. The lowest BCUT2D eigenvalue weighted by Gasteiger charge is -2.34. The lowest BCUT2D eigenvalue weighted by atomic mass is 10.2. The Morgan fingerprint density at radius 2 is 1.83 bits per heavy atom. The third-order valence-electron chi connectivity index (χ3n) is 4.94. The number of thiazole rings is 1. The van der Waals surface area contributed by atoms with E-state index in [0.717, 1.165) is 15.4 Å². The van der Waals surface area contributed by atoms with Crippen molar-refractivity contribution in [2.45, 2.75) is 4.90 Å². The number of halogens is 1. The molecule has 0 spiro atoms. The fourth-order valence-corrected chi connectivity index (χ4v) is 5.48. The van der Waals surface area contributed by atoms with Gasteiger partial charge in [0.15, 0.2) is 15.0 Å². The number of benzene rings is 2. The van der Waals surface area contributed by atoms with E-state index in [0.29, 0.717) is 36.7 Å². The molecule has 1 aliphatic heterocycles. The molecule has 156 valence electrons. The monoisotopic (exact) mass is 461 g/mol. The number of aromatic nitrogens is 1. The van der Waals surface area contributed by atoms with E-state index in [-0.39, 0.29) is 10.8 Å². The summed E-state index contributed by atoms with van der Waals surface area (Å²) in [5.74, 6) is -0.0572. The van der Waals surface area contributed by atoms with Crippen LogP contribution in [0.5, 0.6) is 0 Å². The van der Waals surface area contributed by atoms with Crippen LogP contribution in [0.15, 0.2) is 53.4 Å². The highest BCUT2D eigenvalue weighted by Crippen LogP contribution is 2.33. The average molecular weight is 462 g/mol. The molecule has 1 aliphatic rings. The Labute approximate surface area is 184 Å². The van der Waals surface area contributed by atoms with E-state index in [4.69, 9.17) is 11.6 Å². The SMILES string of the molecule is CS(=O)(=O)c1cccc2sc(N3CCN(C(=O)/C=C/c4ccccc4Cl)CC3)nc12. The minimum Gasteiger partial charge on any atom is -0.345 e. The van der Waals surface area contributed by atoms with Crippen LogP contribution in [0, 0.1) is 0 Å². The summed E-state index contributed by atoms with van der Waals surface area (Å²) in [5, 5.41) is 1.38. The van der Waals surface area contributed by atoms with Gasteiger partial charge in [0.05, 0.1) is 9.60 Å². The van der Waals surface area contributed by atoms with Gasteiger partial charge in [0.25, 0.3) is 0 Å². The van der Waals surface area contributed by atoms with Gasteiger partial charge in [-0.1, -0.05) is 47.2 Å². The quantitative estimate of drug-likeness (QED) is 0.554. The molecule has 6 nitrogen and oxygen atoms in total. The standard InChI is InChI=1S/C21H20ClN3O3S2/c1-30(27,28)18-8-4-7-17-20(18)23-21(29-17)25-13-11-24(12-14-25)19(26)10-9-15-5-2-3-6-16(15)22/h2-10H,11-14H2,1H3/b10-9+. The van der Waals surface area contributed by atoms with Crippen molar-refractivity contribution in [2.75, 3.05) is 37.3 Å². The first-order valence-corrected chi connectivity index (χ1v) is 12.5. The van der Waals surface area contributed by atoms with Gasteiger partial charge in [-0.15, -0.1) is 0 Å². The summed E-state index contributed by atoms with van der Waals surface area (Å²) in [6, 6.07) is 12.6. The highest BCUT2D eigenvalue weighted by atomic mass is 35.5. The second kappa shape index (κ2) is 8.37. The van der Waals surface area contributed by atoms with E-state index in [1.165, 1.54) is 17.6 Å². The number of hydrogen-bond donors (Lipinski definition) is 0. The van der Waals surface area contributed by atoms with Crippen molar-refractivity contribution < 1.29 is 13.2 Å². The average Bonchev–Trinajstić information content (AvgIpc) is 3.16. The Kier molecular flexibility index (Phi) is 5.81. The maximum Gasteiger partial charge on any atom is 0.246 e. The van der Waals surface area contributed by atoms with Gasteiger partial charge in [0.2, 0.25) is 5.91 Å². The number of piperazine rings is 1. The highest BCUT2D eigenvalue weighted by Gasteiger charge is 2.23. The van der Waals surface area contributed by atoms with Crippen LogP contribution in [0.1, 0.15) is 5.56 Å². The molecule has 0 aliphatic carbocycles.